The van der Waals surface area contributed by atoms with Crippen molar-refractivity contribution in [2.24, 2.45) is 5.10 Å². The lowest BCUT2D eigenvalue weighted by atomic mass is 10.2. The molecule has 0 spiro atoms. The summed E-state index contributed by atoms with van der Waals surface area (Å²) in [4.78, 5) is 29.3. The van der Waals surface area contributed by atoms with Gasteiger partial charge in [-0.25, -0.2) is 10.4 Å². The van der Waals surface area contributed by atoms with E-state index in [1.54, 1.807) is 32.3 Å². The molecule has 2 amide bonds. The Morgan fingerprint density at radius 3 is 2.71 bits per heavy atom. The van der Waals surface area contributed by atoms with Crippen molar-refractivity contribution in [2.45, 2.75) is 20.3 Å². The molecule has 2 rings (SSSR count). The molecule has 2 aromatic rings. The minimum absolute atomic E-state index is 0.0767. The molecule has 8 nitrogen and oxygen atoms in total. The maximum Gasteiger partial charge on any atom is 0.259 e. The molecule has 0 aliphatic heterocycles. The molecule has 9 heteroatoms. The van der Waals surface area contributed by atoms with Gasteiger partial charge in [-0.05, 0) is 37.6 Å². The van der Waals surface area contributed by atoms with E-state index < -0.39 is 0 Å². The lowest BCUT2D eigenvalue weighted by molar-refractivity contribution is -0.130. The smallest absolute Gasteiger partial charge is 0.259 e. The van der Waals surface area contributed by atoms with Crippen LogP contribution in [0.1, 0.15) is 23.2 Å². The first-order valence-electron chi connectivity index (χ1n) is 8.71. The van der Waals surface area contributed by atoms with Crippen molar-refractivity contribution in [1.82, 2.24) is 15.3 Å². The van der Waals surface area contributed by atoms with E-state index in [1.165, 1.54) is 22.5 Å². The number of carbonyl (C=O) groups excluding carboxylic acids is 2. The van der Waals surface area contributed by atoms with Gasteiger partial charge in [-0.3, -0.25) is 9.59 Å². The molecular weight excluding hydrogens is 380 g/mol. The molecule has 1 N–H and O–H groups in total. The van der Waals surface area contributed by atoms with Crippen LogP contribution < -0.4 is 14.9 Å². The van der Waals surface area contributed by atoms with Crippen LogP contribution >= 0.6 is 11.3 Å². The van der Waals surface area contributed by atoms with Crippen molar-refractivity contribution >= 4 is 29.4 Å². The fourth-order valence-corrected chi connectivity index (χ4v) is 2.75. The van der Waals surface area contributed by atoms with Gasteiger partial charge in [0.1, 0.15) is 0 Å². The highest BCUT2D eigenvalue weighted by Gasteiger charge is 2.10. The predicted octanol–water partition coefficient (Wildman–Crippen LogP) is 2.01. The quantitative estimate of drug-likeness (QED) is 0.510. The predicted molar refractivity (Wildman–Crippen MR) is 108 cm³/mol. The monoisotopic (exact) mass is 404 g/mol. The van der Waals surface area contributed by atoms with E-state index >= 15 is 0 Å². The molecule has 0 aliphatic carbocycles. The summed E-state index contributed by atoms with van der Waals surface area (Å²) in [6, 6.07) is 5.20. The second-order valence-corrected chi connectivity index (χ2v) is 7.11. The number of amides is 2. The van der Waals surface area contributed by atoms with E-state index in [4.69, 9.17) is 9.47 Å². The average Bonchev–Trinajstić information content (AvgIpc) is 3.05. The topological polar surface area (TPSA) is 93.1 Å². The molecule has 0 aliphatic rings. The van der Waals surface area contributed by atoms with Gasteiger partial charge < -0.3 is 14.4 Å². The number of rotatable bonds is 9. The van der Waals surface area contributed by atoms with E-state index in [-0.39, 0.29) is 24.8 Å². The highest BCUT2D eigenvalue weighted by molar-refractivity contribution is 7.09. The van der Waals surface area contributed by atoms with Crippen molar-refractivity contribution in [3.8, 4) is 11.5 Å². The molecule has 1 aromatic carbocycles. The number of aryl methyl sites for hydroxylation is 1. The van der Waals surface area contributed by atoms with Crippen LogP contribution in [0.2, 0.25) is 0 Å². The van der Waals surface area contributed by atoms with Crippen LogP contribution in [0.5, 0.6) is 11.5 Å². The Labute approximate surface area is 168 Å². The number of likely N-dealkylation sites (N-methyl/N-ethyl adjacent to an activating group) is 1. The van der Waals surface area contributed by atoms with Gasteiger partial charge in [-0.1, -0.05) is 0 Å². The van der Waals surface area contributed by atoms with Crippen LogP contribution in [0.25, 0.3) is 0 Å². The Morgan fingerprint density at radius 2 is 2.07 bits per heavy atom. The molecule has 0 radical (unpaired) electrons. The van der Waals surface area contributed by atoms with Gasteiger partial charge in [-0.15, -0.1) is 11.3 Å². The zero-order valence-corrected chi connectivity index (χ0v) is 17.2. The third kappa shape index (κ3) is 6.66. The summed E-state index contributed by atoms with van der Waals surface area (Å²) in [6.45, 7) is 4.12. The number of hydrogen-bond acceptors (Lipinski definition) is 7. The first-order valence-corrected chi connectivity index (χ1v) is 9.59. The van der Waals surface area contributed by atoms with Gasteiger partial charge in [0.25, 0.3) is 5.91 Å². The van der Waals surface area contributed by atoms with Gasteiger partial charge in [0, 0.05) is 19.5 Å². The molecule has 0 unspecified atom stereocenters. The normalized spacial score (nSPS) is 10.7. The maximum atomic E-state index is 11.9. The fraction of sp³-hybridized carbons (Fsp3) is 0.368. The first kappa shape index (κ1) is 21.4. The molecule has 150 valence electrons. The van der Waals surface area contributed by atoms with Crippen LogP contribution in [0.15, 0.2) is 28.7 Å². The van der Waals surface area contributed by atoms with Crippen LogP contribution in [-0.4, -0.2) is 55.2 Å². The van der Waals surface area contributed by atoms with Crippen molar-refractivity contribution < 1.29 is 19.1 Å². The standard InChI is InChI=1S/C19H24N4O4S/c1-5-26-17-8-14(6-7-16(17)27-11-19(25)23(3)4)10-20-22-18(24)9-15-12-28-13(2)21-15/h6-8,10,12H,5,9,11H2,1-4H3,(H,22,24)/b20-10-. The molecule has 0 bridgehead atoms. The second-order valence-electron chi connectivity index (χ2n) is 6.04. The van der Waals surface area contributed by atoms with Crippen LogP contribution in [0.3, 0.4) is 0 Å². The number of ether oxygens (including phenoxy) is 2. The summed E-state index contributed by atoms with van der Waals surface area (Å²) < 4.78 is 11.1. The summed E-state index contributed by atoms with van der Waals surface area (Å²) in [6.07, 6.45) is 1.69. The van der Waals surface area contributed by atoms with E-state index in [9.17, 15) is 9.59 Å². The molecule has 0 fully saturated rings. The van der Waals surface area contributed by atoms with Crippen molar-refractivity contribution in [2.75, 3.05) is 27.3 Å². The number of nitrogens with one attached hydrogen (secondary N) is 1. The SMILES string of the molecule is CCOc1cc(/C=N\NC(=O)Cc2csc(C)n2)ccc1OCC(=O)N(C)C. The highest BCUT2D eigenvalue weighted by Crippen LogP contribution is 2.28. The number of nitrogens with zero attached hydrogens (tertiary/aromatic N) is 3. The largest absolute Gasteiger partial charge is 0.490 e. The zero-order chi connectivity index (χ0) is 20.5. The lowest BCUT2D eigenvalue weighted by Crippen LogP contribution is -2.27. The van der Waals surface area contributed by atoms with Crippen LogP contribution in [0.4, 0.5) is 0 Å². The van der Waals surface area contributed by atoms with Crippen molar-refractivity contribution in [3.63, 3.8) is 0 Å². The minimum Gasteiger partial charge on any atom is -0.490 e. The number of thiazole rings is 1. The number of carbonyl (C=O) groups is 2. The van der Waals surface area contributed by atoms with Crippen LogP contribution in [0, 0.1) is 6.92 Å². The molecule has 1 heterocycles. The summed E-state index contributed by atoms with van der Waals surface area (Å²) >= 11 is 1.50. The highest BCUT2D eigenvalue weighted by atomic mass is 32.1. The lowest BCUT2D eigenvalue weighted by Gasteiger charge is -2.14. The Hall–Kier alpha value is -2.94. The van der Waals surface area contributed by atoms with Crippen molar-refractivity contribution in [3.05, 3.63) is 39.8 Å². The fourth-order valence-electron chi connectivity index (χ4n) is 2.13. The van der Waals surface area contributed by atoms with Crippen LogP contribution in [-0.2, 0) is 16.0 Å². The molecule has 0 saturated heterocycles. The minimum atomic E-state index is -0.242. The average molecular weight is 404 g/mol. The van der Waals surface area contributed by atoms with Gasteiger partial charge in [0.2, 0.25) is 5.91 Å². The summed E-state index contributed by atoms with van der Waals surface area (Å²) in [5.74, 6) is 0.583. The Kier molecular flexibility index (Phi) is 7.94. The van der Waals surface area contributed by atoms with Gasteiger partial charge in [0.15, 0.2) is 18.1 Å². The number of hydrazone groups is 1. The van der Waals surface area contributed by atoms with E-state index in [0.29, 0.717) is 18.1 Å². The van der Waals surface area contributed by atoms with Gasteiger partial charge >= 0.3 is 0 Å². The van der Waals surface area contributed by atoms with E-state index in [2.05, 4.69) is 15.5 Å². The van der Waals surface area contributed by atoms with Gasteiger partial charge in [0.05, 0.1) is 29.9 Å². The second kappa shape index (κ2) is 10.4. The third-order valence-corrected chi connectivity index (χ3v) is 4.35. The zero-order valence-electron chi connectivity index (χ0n) is 16.4. The van der Waals surface area contributed by atoms with Gasteiger partial charge in [-0.2, -0.15) is 5.10 Å². The Bertz CT molecular complexity index is 848. The molecule has 0 saturated carbocycles. The van der Waals surface area contributed by atoms with Crippen molar-refractivity contribution in [1.29, 1.82) is 0 Å². The maximum absolute atomic E-state index is 11.9. The number of hydrogen-bond donors (Lipinski definition) is 1. The molecule has 0 atom stereocenters. The summed E-state index contributed by atoms with van der Waals surface area (Å²) in [5.41, 5.74) is 3.93. The molecule has 1 aromatic heterocycles. The Morgan fingerprint density at radius 1 is 1.29 bits per heavy atom. The third-order valence-electron chi connectivity index (χ3n) is 3.53. The van der Waals surface area contributed by atoms with E-state index in [0.717, 1.165) is 16.3 Å². The summed E-state index contributed by atoms with van der Waals surface area (Å²) in [7, 11) is 3.33. The number of benzene rings is 1. The Balaban J connectivity index is 1.96. The van der Waals surface area contributed by atoms with E-state index in [1.807, 2.05) is 19.2 Å². The first-order chi connectivity index (χ1) is 13.4. The summed E-state index contributed by atoms with van der Waals surface area (Å²) in [5, 5.41) is 6.74. The molecule has 28 heavy (non-hydrogen) atoms. The number of aromatic nitrogens is 1. The molecular formula is C19H24N4O4S.